The maximum absolute atomic E-state index is 12.7. The van der Waals surface area contributed by atoms with Crippen LogP contribution in [-0.2, 0) is 4.79 Å². The molecule has 8 heteroatoms. The van der Waals surface area contributed by atoms with E-state index in [-0.39, 0.29) is 16.2 Å². The molecule has 33 heavy (non-hydrogen) atoms. The van der Waals surface area contributed by atoms with Crippen molar-refractivity contribution in [2.75, 3.05) is 11.9 Å². The number of aromatic nitrogens is 1. The third-order valence-electron chi connectivity index (χ3n) is 4.98. The summed E-state index contributed by atoms with van der Waals surface area (Å²) in [7, 11) is 0. The summed E-state index contributed by atoms with van der Waals surface area (Å²) in [4.78, 5) is 23.9. The van der Waals surface area contributed by atoms with Crippen LogP contribution in [0.4, 0.5) is 5.69 Å². The summed E-state index contributed by atoms with van der Waals surface area (Å²) < 4.78 is 7.31. The standard InChI is InChI=1S/C25H22ClN3O4/c1-4-33-21-7-5-6-19(12-21)28-24(30)18(14-27)11-17-10-15(2)29(16(17)3)20-8-9-22(25(31)32)23(26)13-20/h5-13H,4H2,1-3H3,(H,28,30)(H,31,32)/b18-11-. The Balaban J connectivity index is 1.91. The predicted octanol–water partition coefficient (Wildman–Crippen LogP) is 5.39. The lowest BCUT2D eigenvalue weighted by atomic mass is 10.1. The minimum Gasteiger partial charge on any atom is -0.494 e. The van der Waals surface area contributed by atoms with E-state index in [0.717, 1.165) is 11.4 Å². The minimum atomic E-state index is -1.10. The molecule has 168 valence electrons. The number of amides is 1. The van der Waals surface area contributed by atoms with Gasteiger partial charge in [-0.3, -0.25) is 4.79 Å². The van der Waals surface area contributed by atoms with Gasteiger partial charge in [-0.15, -0.1) is 0 Å². The number of rotatable bonds is 7. The van der Waals surface area contributed by atoms with E-state index < -0.39 is 11.9 Å². The van der Waals surface area contributed by atoms with Crippen molar-refractivity contribution in [1.29, 1.82) is 5.26 Å². The predicted molar refractivity (Wildman–Crippen MR) is 127 cm³/mol. The van der Waals surface area contributed by atoms with Gasteiger partial charge in [0.15, 0.2) is 0 Å². The molecule has 0 fully saturated rings. The molecule has 0 radical (unpaired) electrons. The summed E-state index contributed by atoms with van der Waals surface area (Å²) in [5.41, 5.74) is 3.43. The van der Waals surface area contributed by atoms with Gasteiger partial charge in [-0.1, -0.05) is 17.7 Å². The summed E-state index contributed by atoms with van der Waals surface area (Å²) in [5, 5.41) is 21.6. The van der Waals surface area contributed by atoms with Crippen LogP contribution in [0.5, 0.6) is 5.75 Å². The lowest BCUT2D eigenvalue weighted by molar-refractivity contribution is -0.112. The minimum absolute atomic E-state index is 0.0137. The Morgan fingerprint density at radius 2 is 1.97 bits per heavy atom. The van der Waals surface area contributed by atoms with Crippen LogP contribution in [0.1, 0.15) is 34.2 Å². The van der Waals surface area contributed by atoms with E-state index in [0.29, 0.717) is 29.3 Å². The van der Waals surface area contributed by atoms with E-state index in [2.05, 4.69) is 5.32 Å². The smallest absolute Gasteiger partial charge is 0.337 e. The molecule has 3 rings (SSSR count). The number of nitrogens with one attached hydrogen (secondary N) is 1. The molecule has 0 aliphatic carbocycles. The zero-order valence-electron chi connectivity index (χ0n) is 18.3. The number of nitrogens with zero attached hydrogens (tertiary/aromatic N) is 2. The first-order valence-corrected chi connectivity index (χ1v) is 10.5. The molecular formula is C25H22ClN3O4. The second-order valence-electron chi connectivity index (χ2n) is 7.22. The average molecular weight is 464 g/mol. The molecule has 7 nitrogen and oxygen atoms in total. The number of benzene rings is 2. The Morgan fingerprint density at radius 3 is 2.61 bits per heavy atom. The van der Waals surface area contributed by atoms with Crippen LogP contribution >= 0.6 is 11.6 Å². The second kappa shape index (κ2) is 10.1. The van der Waals surface area contributed by atoms with Gasteiger partial charge < -0.3 is 19.7 Å². The van der Waals surface area contributed by atoms with Crippen molar-refractivity contribution < 1.29 is 19.4 Å². The second-order valence-corrected chi connectivity index (χ2v) is 7.62. The zero-order chi connectivity index (χ0) is 24.1. The molecule has 1 heterocycles. The number of carboxylic acids is 1. The summed E-state index contributed by atoms with van der Waals surface area (Å²) in [6.45, 7) is 6.08. The quantitative estimate of drug-likeness (QED) is 0.361. The van der Waals surface area contributed by atoms with Crippen LogP contribution in [0.2, 0.25) is 5.02 Å². The SMILES string of the molecule is CCOc1cccc(NC(=O)/C(C#N)=C\c2cc(C)n(-c3ccc(C(=O)O)c(Cl)c3)c2C)c1. The van der Waals surface area contributed by atoms with Gasteiger partial charge in [0.25, 0.3) is 5.91 Å². The number of aryl methyl sites for hydroxylation is 1. The van der Waals surface area contributed by atoms with E-state index in [9.17, 15) is 20.0 Å². The molecule has 1 amide bonds. The molecule has 0 saturated carbocycles. The number of aromatic carboxylic acids is 1. The van der Waals surface area contributed by atoms with Crippen molar-refractivity contribution in [2.45, 2.75) is 20.8 Å². The van der Waals surface area contributed by atoms with Gasteiger partial charge in [-0.05, 0) is 68.8 Å². The maximum atomic E-state index is 12.7. The molecule has 0 spiro atoms. The first kappa shape index (κ1) is 23.6. The first-order chi connectivity index (χ1) is 15.7. The number of hydrogen-bond acceptors (Lipinski definition) is 4. The van der Waals surface area contributed by atoms with E-state index in [1.807, 2.05) is 37.5 Å². The summed E-state index contributed by atoms with van der Waals surface area (Å²) >= 11 is 6.13. The average Bonchev–Trinajstić information content (AvgIpc) is 3.04. The van der Waals surface area contributed by atoms with Crippen LogP contribution in [0.15, 0.2) is 54.1 Å². The van der Waals surface area contributed by atoms with Crippen molar-refractivity contribution in [1.82, 2.24) is 4.57 Å². The number of anilines is 1. The fourth-order valence-corrected chi connectivity index (χ4v) is 3.74. The van der Waals surface area contributed by atoms with Gasteiger partial charge in [-0.2, -0.15) is 5.26 Å². The molecule has 3 aromatic rings. The van der Waals surface area contributed by atoms with Gasteiger partial charge in [-0.25, -0.2) is 4.79 Å². The van der Waals surface area contributed by atoms with Crippen molar-refractivity contribution in [2.24, 2.45) is 0 Å². The van der Waals surface area contributed by atoms with Gasteiger partial charge in [0.2, 0.25) is 0 Å². The fourth-order valence-electron chi connectivity index (χ4n) is 3.48. The van der Waals surface area contributed by atoms with Gasteiger partial charge in [0.05, 0.1) is 17.2 Å². The molecule has 0 saturated heterocycles. The Labute approximate surface area is 196 Å². The molecule has 0 unspecified atom stereocenters. The van der Waals surface area contributed by atoms with Crippen molar-refractivity contribution in [3.63, 3.8) is 0 Å². The van der Waals surface area contributed by atoms with Gasteiger partial charge >= 0.3 is 5.97 Å². The highest BCUT2D eigenvalue weighted by molar-refractivity contribution is 6.33. The van der Waals surface area contributed by atoms with Gasteiger partial charge in [0, 0.05) is 28.8 Å². The molecular weight excluding hydrogens is 442 g/mol. The normalized spacial score (nSPS) is 11.1. The monoisotopic (exact) mass is 463 g/mol. The van der Waals surface area contributed by atoms with Crippen LogP contribution in [0, 0.1) is 25.2 Å². The Bertz CT molecular complexity index is 1300. The van der Waals surface area contributed by atoms with Gasteiger partial charge in [0.1, 0.15) is 17.4 Å². The zero-order valence-corrected chi connectivity index (χ0v) is 19.1. The fraction of sp³-hybridized carbons (Fsp3) is 0.160. The number of carbonyl (C=O) groups is 2. The highest BCUT2D eigenvalue weighted by atomic mass is 35.5. The number of ether oxygens (including phenoxy) is 1. The molecule has 0 bridgehead atoms. The van der Waals surface area contributed by atoms with Crippen LogP contribution < -0.4 is 10.1 Å². The van der Waals surface area contributed by atoms with Crippen LogP contribution in [0.25, 0.3) is 11.8 Å². The van der Waals surface area contributed by atoms with Crippen LogP contribution in [-0.4, -0.2) is 28.2 Å². The maximum Gasteiger partial charge on any atom is 0.337 e. The molecule has 2 N–H and O–H groups in total. The van der Waals surface area contributed by atoms with Crippen molar-refractivity contribution >= 4 is 35.2 Å². The molecule has 0 atom stereocenters. The summed E-state index contributed by atoms with van der Waals surface area (Å²) in [6, 6.07) is 15.4. The summed E-state index contributed by atoms with van der Waals surface area (Å²) in [6.07, 6.45) is 1.52. The summed E-state index contributed by atoms with van der Waals surface area (Å²) in [5.74, 6) is -1.02. The number of carbonyl (C=O) groups excluding carboxylic acids is 1. The molecule has 2 aromatic carbocycles. The number of carboxylic acid groups (broad SMARTS) is 1. The van der Waals surface area contributed by atoms with Crippen molar-refractivity contribution in [3.8, 4) is 17.5 Å². The number of nitriles is 1. The topological polar surface area (TPSA) is 104 Å². The molecule has 1 aromatic heterocycles. The molecule has 0 aliphatic heterocycles. The largest absolute Gasteiger partial charge is 0.494 e. The Hall–Kier alpha value is -4.02. The van der Waals surface area contributed by atoms with Crippen molar-refractivity contribution in [3.05, 3.63) is 81.6 Å². The lowest BCUT2D eigenvalue weighted by Gasteiger charge is -2.11. The molecule has 0 aliphatic rings. The number of hydrogen-bond donors (Lipinski definition) is 2. The third-order valence-corrected chi connectivity index (χ3v) is 5.29. The lowest BCUT2D eigenvalue weighted by Crippen LogP contribution is -2.13. The van der Waals surface area contributed by atoms with E-state index in [1.54, 1.807) is 36.4 Å². The Kier molecular flexibility index (Phi) is 7.21. The third kappa shape index (κ3) is 5.25. The van der Waals surface area contributed by atoms with E-state index in [1.165, 1.54) is 12.1 Å². The number of halogens is 1. The highest BCUT2D eigenvalue weighted by Crippen LogP contribution is 2.27. The first-order valence-electron chi connectivity index (χ1n) is 10.1. The Morgan fingerprint density at radius 1 is 1.21 bits per heavy atom. The van der Waals surface area contributed by atoms with Crippen LogP contribution in [0.3, 0.4) is 0 Å². The van der Waals surface area contributed by atoms with E-state index >= 15 is 0 Å². The highest BCUT2D eigenvalue weighted by Gasteiger charge is 2.16. The van der Waals surface area contributed by atoms with E-state index in [4.69, 9.17) is 16.3 Å².